The van der Waals surface area contributed by atoms with Crippen LogP contribution in [0.1, 0.15) is 26.3 Å². The van der Waals surface area contributed by atoms with Crippen LogP contribution in [0.3, 0.4) is 0 Å². The number of carbonyl (C=O) groups excluding carboxylic acids is 2. The van der Waals surface area contributed by atoms with Crippen molar-refractivity contribution in [3.63, 3.8) is 0 Å². The largest absolute Gasteiger partial charge is 0.492 e. The SMILES string of the molecule is Cc1ccccc1OCCN(C)CC(=O)N1CCN(CC(=O)NC(C)(C)C)CC1. The van der Waals surface area contributed by atoms with Crippen molar-refractivity contribution in [1.29, 1.82) is 0 Å². The fourth-order valence-corrected chi connectivity index (χ4v) is 3.26. The van der Waals surface area contributed by atoms with Crippen LogP contribution in [0.2, 0.25) is 0 Å². The van der Waals surface area contributed by atoms with Crippen molar-refractivity contribution in [1.82, 2.24) is 20.0 Å². The number of rotatable bonds is 8. The Hall–Kier alpha value is -2.12. The Morgan fingerprint density at radius 1 is 1.14 bits per heavy atom. The minimum Gasteiger partial charge on any atom is -0.492 e. The summed E-state index contributed by atoms with van der Waals surface area (Å²) in [6.45, 7) is 12.7. The normalized spacial score (nSPS) is 15.4. The summed E-state index contributed by atoms with van der Waals surface area (Å²) in [5.41, 5.74) is 0.892. The number of nitrogens with zero attached hydrogens (tertiary/aromatic N) is 3. The summed E-state index contributed by atoms with van der Waals surface area (Å²) in [6, 6.07) is 7.93. The third kappa shape index (κ3) is 8.41. The Labute approximate surface area is 175 Å². The molecule has 1 saturated heterocycles. The van der Waals surface area contributed by atoms with Crippen LogP contribution >= 0.6 is 0 Å². The van der Waals surface area contributed by atoms with E-state index in [2.05, 4.69) is 10.2 Å². The molecule has 0 radical (unpaired) electrons. The molecule has 1 aliphatic rings. The second-order valence-electron chi connectivity index (χ2n) is 8.81. The summed E-state index contributed by atoms with van der Waals surface area (Å²) in [5.74, 6) is 1.05. The molecule has 0 spiro atoms. The first-order valence-electron chi connectivity index (χ1n) is 10.3. The zero-order valence-electron chi connectivity index (χ0n) is 18.5. The molecule has 29 heavy (non-hydrogen) atoms. The molecule has 2 rings (SSSR count). The van der Waals surface area contributed by atoms with Crippen LogP contribution in [0.4, 0.5) is 0 Å². The smallest absolute Gasteiger partial charge is 0.236 e. The molecule has 7 heteroatoms. The number of aryl methyl sites for hydroxylation is 1. The fraction of sp³-hybridized carbons (Fsp3) is 0.636. The van der Waals surface area contributed by atoms with Gasteiger partial charge < -0.3 is 15.0 Å². The van der Waals surface area contributed by atoms with Gasteiger partial charge in [0.25, 0.3) is 0 Å². The van der Waals surface area contributed by atoms with Crippen molar-refractivity contribution < 1.29 is 14.3 Å². The summed E-state index contributed by atoms with van der Waals surface area (Å²) in [4.78, 5) is 30.6. The van der Waals surface area contributed by atoms with Gasteiger partial charge in [-0.3, -0.25) is 19.4 Å². The van der Waals surface area contributed by atoms with Gasteiger partial charge in [0.2, 0.25) is 11.8 Å². The molecule has 162 valence electrons. The number of amides is 2. The Morgan fingerprint density at radius 3 is 2.41 bits per heavy atom. The van der Waals surface area contributed by atoms with Gasteiger partial charge in [-0.2, -0.15) is 0 Å². The minimum absolute atomic E-state index is 0.0330. The van der Waals surface area contributed by atoms with Gasteiger partial charge in [-0.1, -0.05) is 18.2 Å². The first kappa shape index (κ1) is 23.2. The van der Waals surface area contributed by atoms with E-state index in [1.165, 1.54) is 0 Å². The highest BCUT2D eigenvalue weighted by molar-refractivity contribution is 5.79. The number of ether oxygens (including phenoxy) is 1. The highest BCUT2D eigenvalue weighted by Gasteiger charge is 2.24. The van der Waals surface area contributed by atoms with Gasteiger partial charge in [0.1, 0.15) is 12.4 Å². The zero-order chi connectivity index (χ0) is 21.4. The lowest BCUT2D eigenvalue weighted by molar-refractivity contribution is -0.134. The van der Waals surface area contributed by atoms with E-state index in [0.29, 0.717) is 39.3 Å². The van der Waals surface area contributed by atoms with Gasteiger partial charge in [0, 0.05) is 38.3 Å². The number of para-hydroxylation sites is 1. The van der Waals surface area contributed by atoms with E-state index in [1.807, 2.05) is 68.8 Å². The van der Waals surface area contributed by atoms with Crippen LogP contribution in [-0.4, -0.2) is 91.5 Å². The number of hydrogen-bond acceptors (Lipinski definition) is 5. The van der Waals surface area contributed by atoms with Gasteiger partial charge in [0.05, 0.1) is 13.1 Å². The van der Waals surface area contributed by atoms with Crippen LogP contribution in [-0.2, 0) is 9.59 Å². The topological polar surface area (TPSA) is 65.1 Å². The molecule has 1 fully saturated rings. The van der Waals surface area contributed by atoms with Crippen molar-refractivity contribution in [3.8, 4) is 5.75 Å². The number of piperazine rings is 1. The maximum Gasteiger partial charge on any atom is 0.236 e. The van der Waals surface area contributed by atoms with E-state index in [9.17, 15) is 9.59 Å². The Kier molecular flexibility index (Phi) is 8.46. The van der Waals surface area contributed by atoms with Gasteiger partial charge >= 0.3 is 0 Å². The Balaban J connectivity index is 1.65. The minimum atomic E-state index is -0.220. The summed E-state index contributed by atoms with van der Waals surface area (Å²) >= 11 is 0. The first-order chi connectivity index (χ1) is 13.6. The predicted molar refractivity (Wildman–Crippen MR) is 115 cm³/mol. The van der Waals surface area contributed by atoms with E-state index in [-0.39, 0.29) is 17.4 Å². The predicted octanol–water partition coefficient (Wildman–Crippen LogP) is 1.36. The molecule has 1 N–H and O–H groups in total. The van der Waals surface area contributed by atoms with Crippen LogP contribution < -0.4 is 10.1 Å². The van der Waals surface area contributed by atoms with Crippen molar-refractivity contribution in [3.05, 3.63) is 29.8 Å². The molecule has 0 aliphatic carbocycles. The molecule has 1 heterocycles. The third-order valence-corrected chi connectivity index (χ3v) is 4.84. The highest BCUT2D eigenvalue weighted by atomic mass is 16.5. The number of likely N-dealkylation sites (N-methyl/N-ethyl adjacent to an activating group) is 1. The van der Waals surface area contributed by atoms with Gasteiger partial charge in [-0.15, -0.1) is 0 Å². The van der Waals surface area contributed by atoms with Crippen molar-refractivity contribution in [2.24, 2.45) is 0 Å². The van der Waals surface area contributed by atoms with Gasteiger partial charge in [-0.25, -0.2) is 0 Å². The maximum atomic E-state index is 12.6. The Bertz CT molecular complexity index is 679. The molecule has 0 unspecified atom stereocenters. The summed E-state index contributed by atoms with van der Waals surface area (Å²) in [5, 5.41) is 2.98. The quantitative estimate of drug-likeness (QED) is 0.709. The maximum absolute atomic E-state index is 12.6. The molecule has 0 saturated carbocycles. The Morgan fingerprint density at radius 2 is 1.79 bits per heavy atom. The van der Waals surface area contributed by atoms with Gasteiger partial charge in [0.15, 0.2) is 0 Å². The van der Waals surface area contributed by atoms with Crippen LogP contribution in [0, 0.1) is 6.92 Å². The molecule has 7 nitrogen and oxygen atoms in total. The third-order valence-electron chi connectivity index (χ3n) is 4.84. The summed E-state index contributed by atoms with van der Waals surface area (Å²) in [6.07, 6.45) is 0. The molecule has 1 aliphatic heterocycles. The molecule has 2 amide bonds. The molecular weight excluding hydrogens is 368 g/mol. The van der Waals surface area contributed by atoms with E-state index in [0.717, 1.165) is 24.4 Å². The monoisotopic (exact) mass is 404 g/mol. The summed E-state index contributed by atoms with van der Waals surface area (Å²) < 4.78 is 5.81. The van der Waals surface area contributed by atoms with Crippen molar-refractivity contribution >= 4 is 11.8 Å². The second kappa shape index (κ2) is 10.6. The van der Waals surface area contributed by atoms with Crippen LogP contribution in [0.25, 0.3) is 0 Å². The van der Waals surface area contributed by atoms with Crippen LogP contribution in [0.5, 0.6) is 5.75 Å². The van der Waals surface area contributed by atoms with E-state index in [4.69, 9.17) is 4.74 Å². The lowest BCUT2D eigenvalue weighted by Crippen LogP contribution is -2.54. The van der Waals surface area contributed by atoms with E-state index < -0.39 is 0 Å². The molecule has 0 bridgehead atoms. The molecule has 0 aromatic heterocycles. The average Bonchev–Trinajstić information content (AvgIpc) is 2.62. The van der Waals surface area contributed by atoms with Crippen molar-refractivity contribution in [2.75, 3.05) is 59.5 Å². The standard InChI is InChI=1S/C22H36N4O3/c1-18-8-6-7-9-19(18)29-15-14-24(5)17-21(28)26-12-10-25(11-13-26)16-20(27)23-22(2,3)4/h6-9H,10-17H2,1-5H3,(H,23,27). The van der Waals surface area contributed by atoms with E-state index >= 15 is 0 Å². The number of benzene rings is 1. The molecular formula is C22H36N4O3. The molecule has 0 atom stereocenters. The van der Waals surface area contributed by atoms with Crippen LogP contribution in [0.15, 0.2) is 24.3 Å². The average molecular weight is 405 g/mol. The molecule has 1 aromatic carbocycles. The number of nitrogens with one attached hydrogen (secondary N) is 1. The van der Waals surface area contributed by atoms with E-state index in [1.54, 1.807) is 0 Å². The number of carbonyl (C=O) groups is 2. The lowest BCUT2D eigenvalue weighted by Gasteiger charge is -2.35. The molecule has 1 aromatic rings. The van der Waals surface area contributed by atoms with Crippen molar-refractivity contribution in [2.45, 2.75) is 33.2 Å². The first-order valence-corrected chi connectivity index (χ1v) is 10.3. The lowest BCUT2D eigenvalue weighted by atomic mass is 10.1. The fourth-order valence-electron chi connectivity index (χ4n) is 3.26. The highest BCUT2D eigenvalue weighted by Crippen LogP contribution is 2.15. The second-order valence-corrected chi connectivity index (χ2v) is 8.81. The zero-order valence-corrected chi connectivity index (χ0v) is 18.5. The van der Waals surface area contributed by atoms with Gasteiger partial charge in [-0.05, 0) is 46.4 Å². The number of hydrogen-bond donors (Lipinski definition) is 1. The summed E-state index contributed by atoms with van der Waals surface area (Å²) in [7, 11) is 1.94.